The zero-order chi connectivity index (χ0) is 11.4. The van der Waals surface area contributed by atoms with E-state index in [-0.39, 0.29) is 0 Å². The molecule has 0 saturated heterocycles. The van der Waals surface area contributed by atoms with Crippen LogP contribution in [0.4, 0.5) is 5.69 Å². The van der Waals surface area contributed by atoms with E-state index in [1.807, 2.05) is 55.6 Å². The first-order chi connectivity index (χ1) is 7.86. The Morgan fingerprint density at radius 3 is 2.25 bits per heavy atom. The van der Waals surface area contributed by atoms with Crippen molar-refractivity contribution < 1.29 is 4.79 Å². The Balaban J connectivity index is 2.62. The lowest BCUT2D eigenvalue weighted by Crippen LogP contribution is -1.93. The molecular weight excluding hydrogens is 198 g/mol. The lowest BCUT2D eigenvalue weighted by molar-refractivity contribution is 0.112. The normalized spacial score (nSPS) is 9.81. The van der Waals surface area contributed by atoms with E-state index in [1.165, 1.54) is 0 Å². The van der Waals surface area contributed by atoms with Crippen molar-refractivity contribution in [1.29, 1.82) is 0 Å². The summed E-state index contributed by atoms with van der Waals surface area (Å²) in [4.78, 5) is 11.0. The van der Waals surface area contributed by atoms with Crippen molar-refractivity contribution in [2.75, 3.05) is 12.4 Å². The average Bonchev–Trinajstić information content (AvgIpc) is 2.38. The number of nitrogens with one attached hydrogen (secondary N) is 1. The molecule has 0 amide bonds. The van der Waals surface area contributed by atoms with E-state index in [1.54, 1.807) is 0 Å². The Labute approximate surface area is 94.9 Å². The van der Waals surface area contributed by atoms with Gasteiger partial charge in [0.1, 0.15) is 0 Å². The van der Waals surface area contributed by atoms with Crippen molar-refractivity contribution in [3.05, 3.63) is 54.1 Å². The van der Waals surface area contributed by atoms with Crippen LogP contribution in [0.3, 0.4) is 0 Å². The first-order valence-electron chi connectivity index (χ1n) is 5.18. The van der Waals surface area contributed by atoms with Crippen molar-refractivity contribution in [2.24, 2.45) is 0 Å². The number of rotatable bonds is 3. The number of hydrogen-bond acceptors (Lipinski definition) is 2. The standard InChI is InChI=1S/C14H13NO/c1-15-14-9-5-4-8-13(14)12-7-3-2-6-11(12)10-16/h2-10,15H,1H3. The second kappa shape index (κ2) is 4.62. The molecule has 0 atom stereocenters. The van der Waals surface area contributed by atoms with E-state index < -0.39 is 0 Å². The smallest absolute Gasteiger partial charge is 0.150 e. The molecule has 0 heterocycles. The third kappa shape index (κ3) is 1.82. The highest BCUT2D eigenvalue weighted by Crippen LogP contribution is 2.29. The van der Waals surface area contributed by atoms with Crippen LogP contribution in [-0.2, 0) is 0 Å². The first-order valence-corrected chi connectivity index (χ1v) is 5.18. The van der Waals surface area contributed by atoms with Gasteiger partial charge in [-0.15, -0.1) is 0 Å². The Bertz CT molecular complexity index is 506. The van der Waals surface area contributed by atoms with Crippen molar-refractivity contribution in [3.8, 4) is 11.1 Å². The van der Waals surface area contributed by atoms with Gasteiger partial charge in [-0.3, -0.25) is 4.79 Å². The van der Waals surface area contributed by atoms with Crippen molar-refractivity contribution in [3.63, 3.8) is 0 Å². The van der Waals surface area contributed by atoms with E-state index in [4.69, 9.17) is 0 Å². The second-order valence-corrected chi connectivity index (χ2v) is 3.50. The fourth-order valence-electron chi connectivity index (χ4n) is 1.78. The summed E-state index contributed by atoms with van der Waals surface area (Å²) in [6, 6.07) is 15.5. The third-order valence-corrected chi connectivity index (χ3v) is 2.57. The van der Waals surface area contributed by atoms with Crippen LogP contribution in [0.15, 0.2) is 48.5 Å². The fraction of sp³-hybridized carbons (Fsp3) is 0.0714. The van der Waals surface area contributed by atoms with Crippen molar-refractivity contribution in [1.82, 2.24) is 0 Å². The Morgan fingerprint density at radius 1 is 0.938 bits per heavy atom. The summed E-state index contributed by atoms with van der Waals surface area (Å²) >= 11 is 0. The van der Waals surface area contributed by atoms with Crippen LogP contribution in [-0.4, -0.2) is 13.3 Å². The summed E-state index contributed by atoms with van der Waals surface area (Å²) in [5, 5.41) is 3.13. The molecule has 1 N–H and O–H groups in total. The maximum absolute atomic E-state index is 11.0. The molecule has 2 heteroatoms. The number of aldehydes is 1. The van der Waals surface area contributed by atoms with Crippen LogP contribution in [0.2, 0.25) is 0 Å². The summed E-state index contributed by atoms with van der Waals surface area (Å²) in [5.41, 5.74) is 3.75. The molecule has 0 aromatic heterocycles. The topological polar surface area (TPSA) is 29.1 Å². The van der Waals surface area contributed by atoms with Gasteiger partial charge in [0.2, 0.25) is 0 Å². The summed E-state index contributed by atoms with van der Waals surface area (Å²) in [6.45, 7) is 0. The van der Waals surface area contributed by atoms with E-state index in [0.717, 1.165) is 23.1 Å². The summed E-state index contributed by atoms with van der Waals surface area (Å²) in [6.07, 6.45) is 0.891. The van der Waals surface area contributed by atoms with Gasteiger partial charge in [0.25, 0.3) is 0 Å². The Hall–Kier alpha value is -2.09. The van der Waals surface area contributed by atoms with E-state index in [9.17, 15) is 4.79 Å². The molecule has 2 aromatic carbocycles. The predicted molar refractivity (Wildman–Crippen MR) is 66.8 cm³/mol. The number of hydrogen-bond donors (Lipinski definition) is 1. The zero-order valence-corrected chi connectivity index (χ0v) is 9.10. The van der Waals surface area contributed by atoms with Crippen LogP contribution in [0.25, 0.3) is 11.1 Å². The highest BCUT2D eigenvalue weighted by atomic mass is 16.1. The predicted octanol–water partition coefficient (Wildman–Crippen LogP) is 3.21. The number of carbonyl (C=O) groups excluding carboxylic acids is 1. The van der Waals surface area contributed by atoms with E-state index in [2.05, 4.69) is 5.32 Å². The minimum absolute atomic E-state index is 0.713. The van der Waals surface area contributed by atoms with Gasteiger partial charge in [-0.1, -0.05) is 42.5 Å². The minimum atomic E-state index is 0.713. The van der Waals surface area contributed by atoms with Crippen LogP contribution in [0.1, 0.15) is 10.4 Å². The number of carbonyl (C=O) groups is 1. The summed E-state index contributed by atoms with van der Waals surface area (Å²) in [5.74, 6) is 0. The molecule has 0 spiro atoms. The van der Waals surface area contributed by atoms with Gasteiger partial charge in [0.05, 0.1) is 0 Å². The molecule has 2 aromatic rings. The molecule has 0 bridgehead atoms. The van der Waals surface area contributed by atoms with E-state index in [0.29, 0.717) is 5.56 Å². The Morgan fingerprint density at radius 2 is 1.56 bits per heavy atom. The number of anilines is 1. The Kier molecular flexibility index (Phi) is 3.01. The van der Waals surface area contributed by atoms with Crippen LogP contribution in [0.5, 0.6) is 0 Å². The molecule has 0 aliphatic carbocycles. The number of benzene rings is 2. The second-order valence-electron chi connectivity index (χ2n) is 3.50. The third-order valence-electron chi connectivity index (χ3n) is 2.57. The fourth-order valence-corrected chi connectivity index (χ4v) is 1.78. The van der Waals surface area contributed by atoms with Crippen molar-refractivity contribution >= 4 is 12.0 Å². The molecule has 80 valence electrons. The molecular formula is C14H13NO. The van der Waals surface area contributed by atoms with Gasteiger partial charge >= 0.3 is 0 Å². The molecule has 16 heavy (non-hydrogen) atoms. The van der Waals surface area contributed by atoms with Gasteiger partial charge in [-0.05, 0) is 11.6 Å². The molecule has 0 fully saturated rings. The lowest BCUT2D eigenvalue weighted by Gasteiger charge is -2.10. The quantitative estimate of drug-likeness (QED) is 0.790. The van der Waals surface area contributed by atoms with Gasteiger partial charge in [-0.25, -0.2) is 0 Å². The monoisotopic (exact) mass is 211 g/mol. The summed E-state index contributed by atoms with van der Waals surface area (Å²) in [7, 11) is 1.88. The molecule has 0 aliphatic heterocycles. The highest BCUT2D eigenvalue weighted by Gasteiger charge is 2.06. The lowest BCUT2D eigenvalue weighted by atomic mass is 9.99. The minimum Gasteiger partial charge on any atom is -0.388 e. The maximum Gasteiger partial charge on any atom is 0.150 e. The van der Waals surface area contributed by atoms with E-state index >= 15 is 0 Å². The van der Waals surface area contributed by atoms with Gasteiger partial charge in [0, 0.05) is 23.9 Å². The zero-order valence-electron chi connectivity index (χ0n) is 9.10. The van der Waals surface area contributed by atoms with Gasteiger partial charge in [0.15, 0.2) is 6.29 Å². The number of para-hydroxylation sites is 1. The molecule has 0 radical (unpaired) electrons. The van der Waals surface area contributed by atoms with Crippen LogP contribution in [0, 0.1) is 0 Å². The molecule has 0 unspecified atom stereocenters. The van der Waals surface area contributed by atoms with Gasteiger partial charge in [-0.2, -0.15) is 0 Å². The molecule has 0 aliphatic rings. The SMILES string of the molecule is CNc1ccccc1-c1ccccc1C=O. The van der Waals surface area contributed by atoms with Gasteiger partial charge < -0.3 is 5.32 Å². The molecule has 0 saturated carbocycles. The largest absolute Gasteiger partial charge is 0.388 e. The average molecular weight is 211 g/mol. The van der Waals surface area contributed by atoms with Crippen LogP contribution < -0.4 is 5.32 Å². The molecule has 2 nitrogen and oxygen atoms in total. The highest BCUT2D eigenvalue weighted by molar-refractivity contribution is 5.91. The van der Waals surface area contributed by atoms with Crippen LogP contribution >= 0.6 is 0 Å². The maximum atomic E-state index is 11.0. The first kappa shape index (κ1) is 10.4. The molecule has 2 rings (SSSR count). The summed E-state index contributed by atoms with van der Waals surface area (Å²) < 4.78 is 0. The van der Waals surface area contributed by atoms with Crippen molar-refractivity contribution in [2.45, 2.75) is 0 Å².